The zero-order chi connectivity index (χ0) is 15.6. The Hall–Kier alpha value is -2.70. The fraction of sp³-hybridized carbons (Fsp3) is 0.375. The molecule has 23 heavy (non-hydrogen) atoms. The molecule has 1 fully saturated rings. The van der Waals surface area contributed by atoms with Crippen molar-refractivity contribution in [1.29, 1.82) is 0 Å². The number of nitrogen functional groups attached to an aromatic ring is 1. The summed E-state index contributed by atoms with van der Waals surface area (Å²) >= 11 is 0. The monoisotopic (exact) mass is 310 g/mol. The van der Waals surface area contributed by atoms with Gasteiger partial charge in [0.15, 0.2) is 0 Å². The number of benzene rings is 1. The summed E-state index contributed by atoms with van der Waals surface area (Å²) in [6.45, 7) is 0. The third kappa shape index (κ3) is 2.58. The lowest BCUT2D eigenvalue weighted by molar-refractivity contribution is 0.307. The molecule has 3 aromatic rings. The zero-order valence-electron chi connectivity index (χ0n) is 12.7. The smallest absolute Gasteiger partial charge is 0.243 e. The third-order valence-corrected chi connectivity index (χ3v) is 4.53. The highest BCUT2D eigenvalue weighted by Gasteiger charge is 2.18. The Labute approximate surface area is 133 Å². The van der Waals surface area contributed by atoms with Gasteiger partial charge in [-0.3, -0.25) is 0 Å². The molecule has 2 heterocycles. The SMILES string of the molecule is Nc1nonc1-n1nncc1-c1ccc(C2CCCCC2)cc1. The molecule has 7 heteroatoms. The molecule has 1 aliphatic rings. The lowest BCUT2D eigenvalue weighted by atomic mass is 9.84. The average molecular weight is 310 g/mol. The molecule has 0 saturated heterocycles. The van der Waals surface area contributed by atoms with E-state index < -0.39 is 0 Å². The van der Waals surface area contributed by atoms with Gasteiger partial charge in [0.1, 0.15) is 0 Å². The molecule has 1 saturated carbocycles. The maximum atomic E-state index is 5.74. The predicted octanol–water partition coefficient (Wildman–Crippen LogP) is 2.95. The van der Waals surface area contributed by atoms with Crippen molar-refractivity contribution < 1.29 is 4.63 Å². The first-order valence-corrected chi connectivity index (χ1v) is 7.92. The minimum atomic E-state index is 0.190. The summed E-state index contributed by atoms with van der Waals surface area (Å²) < 4.78 is 6.19. The van der Waals surface area contributed by atoms with Gasteiger partial charge in [0.2, 0.25) is 11.6 Å². The Bertz CT molecular complexity index is 785. The lowest BCUT2D eigenvalue weighted by Gasteiger charge is -2.22. The summed E-state index contributed by atoms with van der Waals surface area (Å²) in [6.07, 6.45) is 8.30. The van der Waals surface area contributed by atoms with E-state index in [9.17, 15) is 0 Å². The fourth-order valence-electron chi connectivity index (χ4n) is 3.29. The maximum absolute atomic E-state index is 5.74. The van der Waals surface area contributed by atoms with Gasteiger partial charge in [-0.15, -0.1) is 5.10 Å². The summed E-state index contributed by atoms with van der Waals surface area (Å²) in [4.78, 5) is 0. The van der Waals surface area contributed by atoms with Crippen LogP contribution in [-0.4, -0.2) is 25.3 Å². The molecule has 4 rings (SSSR count). The van der Waals surface area contributed by atoms with Crippen LogP contribution in [0, 0.1) is 0 Å². The largest absolute Gasteiger partial charge is 0.378 e. The van der Waals surface area contributed by atoms with Crippen molar-refractivity contribution in [3.8, 4) is 17.1 Å². The highest BCUT2D eigenvalue weighted by Crippen LogP contribution is 2.33. The van der Waals surface area contributed by atoms with Gasteiger partial charge >= 0.3 is 0 Å². The van der Waals surface area contributed by atoms with E-state index in [1.54, 1.807) is 10.9 Å². The minimum absolute atomic E-state index is 0.190. The van der Waals surface area contributed by atoms with Gasteiger partial charge in [-0.05, 0) is 34.6 Å². The molecule has 1 aliphatic carbocycles. The standard InChI is InChI=1S/C16H18N6O/c17-15-16(20-23-19-15)22-14(10-18-21-22)13-8-6-12(7-9-13)11-4-2-1-3-5-11/h6-11H,1-5H2,(H2,17,19). The van der Waals surface area contributed by atoms with E-state index in [-0.39, 0.29) is 5.82 Å². The number of nitrogens with two attached hydrogens (primary N) is 1. The van der Waals surface area contributed by atoms with Crippen molar-refractivity contribution in [1.82, 2.24) is 25.3 Å². The molecule has 7 nitrogen and oxygen atoms in total. The van der Waals surface area contributed by atoms with Crippen molar-refractivity contribution >= 4 is 5.82 Å². The van der Waals surface area contributed by atoms with Crippen LogP contribution >= 0.6 is 0 Å². The molecule has 0 atom stereocenters. The van der Waals surface area contributed by atoms with Crippen LogP contribution in [0.2, 0.25) is 0 Å². The Morgan fingerprint density at radius 3 is 2.52 bits per heavy atom. The van der Waals surface area contributed by atoms with E-state index in [1.807, 2.05) is 0 Å². The molecule has 0 spiro atoms. The molecule has 2 N–H and O–H groups in total. The second-order valence-corrected chi connectivity index (χ2v) is 5.96. The molecular formula is C16H18N6O. The van der Waals surface area contributed by atoms with Crippen molar-refractivity contribution in [3.63, 3.8) is 0 Å². The van der Waals surface area contributed by atoms with E-state index in [0.29, 0.717) is 11.7 Å². The average Bonchev–Trinajstić information content (AvgIpc) is 3.24. The second kappa shape index (κ2) is 5.83. The van der Waals surface area contributed by atoms with E-state index in [4.69, 9.17) is 5.73 Å². The van der Waals surface area contributed by atoms with Gasteiger partial charge in [0, 0.05) is 5.56 Å². The third-order valence-electron chi connectivity index (χ3n) is 4.53. The molecule has 0 radical (unpaired) electrons. The summed E-state index contributed by atoms with van der Waals surface area (Å²) in [7, 11) is 0. The predicted molar refractivity (Wildman–Crippen MR) is 84.9 cm³/mol. The molecule has 118 valence electrons. The van der Waals surface area contributed by atoms with E-state index >= 15 is 0 Å². The van der Waals surface area contributed by atoms with Crippen molar-refractivity contribution in [3.05, 3.63) is 36.0 Å². The maximum Gasteiger partial charge on any atom is 0.243 e. The van der Waals surface area contributed by atoms with E-state index in [2.05, 4.69) is 49.5 Å². The Balaban J connectivity index is 1.64. The van der Waals surface area contributed by atoms with Crippen LogP contribution in [0.1, 0.15) is 43.6 Å². The van der Waals surface area contributed by atoms with Crippen LogP contribution in [0.25, 0.3) is 17.1 Å². The first-order chi connectivity index (χ1) is 11.3. The summed E-state index contributed by atoms with van der Waals surface area (Å²) in [5.74, 6) is 1.24. The van der Waals surface area contributed by atoms with Gasteiger partial charge in [-0.1, -0.05) is 48.7 Å². The number of nitrogens with zero attached hydrogens (tertiary/aromatic N) is 5. The molecule has 0 amide bonds. The topological polar surface area (TPSA) is 95.7 Å². The van der Waals surface area contributed by atoms with Gasteiger partial charge < -0.3 is 5.73 Å². The highest BCUT2D eigenvalue weighted by atomic mass is 16.6. The quantitative estimate of drug-likeness (QED) is 0.799. The summed E-state index contributed by atoms with van der Waals surface area (Å²) in [6, 6.07) is 8.60. The van der Waals surface area contributed by atoms with Gasteiger partial charge in [0.25, 0.3) is 0 Å². The first-order valence-electron chi connectivity index (χ1n) is 7.92. The molecule has 1 aromatic carbocycles. The van der Waals surface area contributed by atoms with Crippen molar-refractivity contribution in [2.75, 3.05) is 5.73 Å². The normalized spacial score (nSPS) is 15.8. The summed E-state index contributed by atoms with van der Waals surface area (Å²) in [5.41, 5.74) is 8.98. The highest BCUT2D eigenvalue weighted by molar-refractivity contribution is 5.62. The van der Waals surface area contributed by atoms with Gasteiger partial charge in [0.05, 0.1) is 11.9 Å². The Kier molecular flexibility index (Phi) is 3.53. The summed E-state index contributed by atoms with van der Waals surface area (Å²) in [5, 5.41) is 15.4. The number of hydrogen-bond donors (Lipinski definition) is 1. The van der Waals surface area contributed by atoms with Gasteiger partial charge in [-0.25, -0.2) is 4.63 Å². The van der Waals surface area contributed by atoms with Crippen molar-refractivity contribution in [2.24, 2.45) is 0 Å². The van der Waals surface area contributed by atoms with E-state index in [1.165, 1.54) is 37.7 Å². The number of hydrogen-bond acceptors (Lipinski definition) is 6. The zero-order valence-corrected chi connectivity index (χ0v) is 12.7. The number of anilines is 1. The first kappa shape index (κ1) is 13.9. The van der Waals surface area contributed by atoms with Crippen molar-refractivity contribution in [2.45, 2.75) is 38.0 Å². The van der Waals surface area contributed by atoms with Crippen LogP contribution < -0.4 is 5.73 Å². The van der Waals surface area contributed by atoms with Crippen LogP contribution in [0.5, 0.6) is 0 Å². The molecule has 0 unspecified atom stereocenters. The molecule has 0 bridgehead atoms. The molecular weight excluding hydrogens is 292 g/mol. The number of aromatic nitrogens is 5. The van der Waals surface area contributed by atoms with E-state index in [0.717, 1.165) is 11.3 Å². The fourth-order valence-corrected chi connectivity index (χ4v) is 3.29. The van der Waals surface area contributed by atoms with Gasteiger partial charge in [-0.2, -0.15) is 4.68 Å². The molecule has 2 aromatic heterocycles. The van der Waals surface area contributed by atoms with Crippen LogP contribution in [0.4, 0.5) is 5.82 Å². The van der Waals surface area contributed by atoms with Crippen LogP contribution in [-0.2, 0) is 0 Å². The number of rotatable bonds is 3. The second-order valence-electron chi connectivity index (χ2n) is 5.96. The molecule has 0 aliphatic heterocycles. The Morgan fingerprint density at radius 1 is 1.04 bits per heavy atom. The minimum Gasteiger partial charge on any atom is -0.378 e. The van der Waals surface area contributed by atoms with Crippen LogP contribution in [0.15, 0.2) is 35.1 Å². The van der Waals surface area contributed by atoms with Crippen LogP contribution in [0.3, 0.4) is 0 Å². The lowest BCUT2D eigenvalue weighted by Crippen LogP contribution is -2.05. The Morgan fingerprint density at radius 2 is 1.83 bits per heavy atom.